The molecule has 2 bridgehead atoms. The molecule has 1 aromatic heterocycles. The van der Waals surface area contributed by atoms with Gasteiger partial charge in [-0.05, 0) is 55.7 Å². The van der Waals surface area contributed by atoms with Crippen LogP contribution in [0.5, 0.6) is 0 Å². The number of hydrogen-bond donors (Lipinski definition) is 5. The molecule has 208 valence electrons. The van der Waals surface area contributed by atoms with Crippen LogP contribution in [0.3, 0.4) is 0 Å². The second-order valence-electron chi connectivity index (χ2n) is 10.9. The van der Waals surface area contributed by atoms with Crippen molar-refractivity contribution in [2.24, 2.45) is 13.0 Å². The Labute approximate surface area is 218 Å². The van der Waals surface area contributed by atoms with E-state index < -0.39 is 60.9 Å². The maximum Gasteiger partial charge on any atom is 0.282 e. The van der Waals surface area contributed by atoms with Crippen molar-refractivity contribution in [3.63, 3.8) is 0 Å². The molecule has 0 spiro atoms. The van der Waals surface area contributed by atoms with Crippen molar-refractivity contribution in [3.8, 4) is 0 Å². The minimum Gasteiger partial charge on any atom is -0.394 e. The van der Waals surface area contributed by atoms with Gasteiger partial charge in [-0.2, -0.15) is 5.10 Å². The van der Waals surface area contributed by atoms with Crippen LogP contribution in [0.15, 0.2) is 24.4 Å². The highest BCUT2D eigenvalue weighted by molar-refractivity contribution is 6.05. The highest BCUT2D eigenvalue weighted by atomic mass is 19.3. The van der Waals surface area contributed by atoms with E-state index in [2.05, 4.69) is 10.4 Å². The van der Waals surface area contributed by atoms with Crippen molar-refractivity contribution in [1.29, 1.82) is 0 Å². The summed E-state index contributed by atoms with van der Waals surface area (Å²) in [6.07, 6.45) is -6.85. The summed E-state index contributed by atoms with van der Waals surface area (Å²) < 4.78 is 39.9. The molecule has 2 aromatic rings. The van der Waals surface area contributed by atoms with Crippen LogP contribution < -0.4 is 5.32 Å². The number of amides is 1. The first-order valence-corrected chi connectivity index (χ1v) is 12.7. The molecule has 2 heterocycles. The van der Waals surface area contributed by atoms with Crippen LogP contribution in [0.25, 0.3) is 0 Å². The monoisotopic (exact) mass is 537 g/mol. The standard InChI is InChI=1S/C26H33F2N3O7/c1-26(2,38-25-22(35)21(34)20(33)16(10-32)37-25)18-12-7-8-13(18)17-11(12)5-4-6-15(17)29-24(36)14-9-31(3)30-19(14)23(27)28/h4-6,9,12-13,16,18,20-23,25,32-35H,7-8,10H2,1-3H3,(H,29,36)/t12?,13?,16-,18?,20-,21+,22-,25+/m1/s1. The summed E-state index contributed by atoms with van der Waals surface area (Å²) in [6, 6.07) is 5.55. The molecule has 0 radical (unpaired) electrons. The number of rotatable bonds is 7. The molecule has 1 amide bonds. The number of halogens is 2. The van der Waals surface area contributed by atoms with Gasteiger partial charge in [0.2, 0.25) is 0 Å². The lowest BCUT2D eigenvalue weighted by molar-refractivity contribution is -0.328. The number of alkyl halides is 2. The number of nitrogens with zero attached hydrogens (tertiary/aromatic N) is 2. The van der Waals surface area contributed by atoms with Gasteiger partial charge in [0.25, 0.3) is 12.3 Å². The molecule has 10 nitrogen and oxygen atoms in total. The van der Waals surface area contributed by atoms with Gasteiger partial charge in [-0.25, -0.2) is 8.78 Å². The Bertz CT molecular complexity index is 1200. The fourth-order valence-electron chi connectivity index (χ4n) is 6.64. The van der Waals surface area contributed by atoms with Crippen molar-refractivity contribution >= 4 is 11.6 Å². The Morgan fingerprint density at radius 3 is 2.61 bits per heavy atom. The highest BCUT2D eigenvalue weighted by Crippen LogP contribution is 2.63. The van der Waals surface area contributed by atoms with Gasteiger partial charge in [0.15, 0.2) is 6.29 Å². The smallest absolute Gasteiger partial charge is 0.282 e. The maximum atomic E-state index is 13.4. The fourth-order valence-corrected chi connectivity index (χ4v) is 6.64. The summed E-state index contributed by atoms with van der Waals surface area (Å²) in [5, 5.41) is 46.9. The average Bonchev–Trinajstić information content (AvgIpc) is 3.57. The molecule has 2 fully saturated rings. The highest BCUT2D eigenvalue weighted by Gasteiger charge is 2.55. The SMILES string of the molecule is Cn1cc(C(=O)Nc2cccc3c2C2CCC3C2C(C)(C)O[C@@H]2O[C@H](CO)[C@@H](O)[C@H](O)[C@H]2O)c(C(F)F)n1. The van der Waals surface area contributed by atoms with Crippen LogP contribution in [-0.4, -0.2) is 79.0 Å². The van der Waals surface area contributed by atoms with E-state index in [-0.39, 0.29) is 23.3 Å². The third kappa shape index (κ3) is 4.42. The molecule has 38 heavy (non-hydrogen) atoms. The summed E-state index contributed by atoms with van der Waals surface area (Å²) in [5.74, 6) is -0.715. The van der Waals surface area contributed by atoms with Crippen molar-refractivity contribution in [2.45, 2.75) is 81.3 Å². The van der Waals surface area contributed by atoms with Crippen LogP contribution >= 0.6 is 0 Å². The number of carbonyl (C=O) groups excluding carboxylic acids is 1. The van der Waals surface area contributed by atoms with Crippen LogP contribution in [0.1, 0.15) is 72.1 Å². The zero-order chi connectivity index (χ0) is 27.5. The van der Waals surface area contributed by atoms with Gasteiger partial charge in [-0.3, -0.25) is 9.48 Å². The first kappa shape index (κ1) is 27.1. The molecule has 3 aliphatic rings. The van der Waals surface area contributed by atoms with Gasteiger partial charge in [-0.15, -0.1) is 0 Å². The molecule has 5 N–H and O–H groups in total. The van der Waals surface area contributed by atoms with E-state index in [1.165, 1.54) is 17.9 Å². The predicted octanol–water partition coefficient (Wildman–Crippen LogP) is 1.80. The Kier molecular flexibility index (Phi) is 7.08. The van der Waals surface area contributed by atoms with Crippen LogP contribution in [-0.2, 0) is 16.5 Å². The van der Waals surface area contributed by atoms with Crippen LogP contribution in [0.2, 0.25) is 0 Å². The van der Waals surface area contributed by atoms with Crippen LogP contribution in [0.4, 0.5) is 14.5 Å². The van der Waals surface area contributed by atoms with E-state index in [1.54, 1.807) is 6.07 Å². The summed E-state index contributed by atoms with van der Waals surface area (Å²) in [7, 11) is 1.48. The maximum absolute atomic E-state index is 13.4. The van der Waals surface area contributed by atoms with E-state index in [1.807, 2.05) is 26.0 Å². The Morgan fingerprint density at radius 2 is 1.92 bits per heavy atom. The van der Waals surface area contributed by atoms with Gasteiger partial charge in [0.05, 0.1) is 17.8 Å². The molecule has 12 heteroatoms. The number of nitrogens with one attached hydrogen (secondary N) is 1. The fraction of sp³-hybridized carbons (Fsp3) is 0.615. The number of aryl methyl sites for hydroxylation is 1. The molecular formula is C26H33F2N3O7. The topological polar surface area (TPSA) is 146 Å². The lowest BCUT2D eigenvalue weighted by atomic mass is 9.80. The number of hydrogen-bond acceptors (Lipinski definition) is 8. The van der Waals surface area contributed by atoms with Gasteiger partial charge in [0, 0.05) is 24.8 Å². The lowest BCUT2D eigenvalue weighted by Gasteiger charge is -2.45. The van der Waals surface area contributed by atoms with Crippen LogP contribution in [0, 0.1) is 5.92 Å². The number of fused-ring (bicyclic) bond motifs is 5. The zero-order valence-corrected chi connectivity index (χ0v) is 21.3. The molecule has 1 saturated carbocycles. The van der Waals surface area contributed by atoms with E-state index in [9.17, 15) is 34.0 Å². The van der Waals surface area contributed by atoms with E-state index in [0.29, 0.717) is 5.69 Å². The molecular weight excluding hydrogens is 504 g/mol. The second kappa shape index (κ2) is 9.92. The minimum atomic E-state index is -2.89. The third-order valence-electron chi connectivity index (χ3n) is 8.19. The number of ether oxygens (including phenoxy) is 2. The number of benzene rings is 1. The molecule has 1 aromatic carbocycles. The summed E-state index contributed by atoms with van der Waals surface area (Å²) in [5.41, 5.74) is 0.853. The van der Waals surface area contributed by atoms with Gasteiger partial charge < -0.3 is 35.2 Å². The molecule has 8 atom stereocenters. The first-order valence-electron chi connectivity index (χ1n) is 12.7. The lowest BCUT2D eigenvalue weighted by Crippen LogP contribution is -2.61. The molecule has 1 saturated heterocycles. The number of aliphatic hydroxyl groups excluding tert-OH is 4. The summed E-state index contributed by atoms with van der Waals surface area (Å²) in [6.45, 7) is 3.16. The number of aromatic nitrogens is 2. The van der Waals surface area contributed by atoms with Crippen molar-refractivity contribution in [3.05, 3.63) is 46.8 Å². The second-order valence-corrected chi connectivity index (χ2v) is 10.9. The largest absolute Gasteiger partial charge is 0.394 e. The molecule has 2 aliphatic carbocycles. The first-order chi connectivity index (χ1) is 17.9. The molecule has 3 unspecified atom stereocenters. The quantitative estimate of drug-likeness (QED) is 0.359. The Morgan fingerprint density at radius 1 is 1.21 bits per heavy atom. The Balaban J connectivity index is 1.39. The third-order valence-corrected chi connectivity index (χ3v) is 8.19. The normalized spacial score (nSPS) is 32.6. The summed E-state index contributed by atoms with van der Waals surface area (Å²) in [4.78, 5) is 13.0. The number of aliphatic hydroxyl groups is 4. The Hall–Kier alpha value is -2.48. The summed E-state index contributed by atoms with van der Waals surface area (Å²) >= 11 is 0. The molecule has 1 aliphatic heterocycles. The average molecular weight is 538 g/mol. The number of carbonyl (C=O) groups is 1. The number of anilines is 1. The molecule has 5 rings (SSSR count). The van der Waals surface area contributed by atoms with Crippen molar-refractivity contribution in [1.82, 2.24) is 9.78 Å². The zero-order valence-electron chi connectivity index (χ0n) is 21.3. The van der Waals surface area contributed by atoms with Crippen molar-refractivity contribution < 1.29 is 43.5 Å². The van der Waals surface area contributed by atoms with Gasteiger partial charge in [-0.1, -0.05) is 12.1 Å². The minimum absolute atomic E-state index is 0.0325. The van der Waals surface area contributed by atoms with E-state index in [0.717, 1.165) is 24.0 Å². The van der Waals surface area contributed by atoms with Gasteiger partial charge in [0.1, 0.15) is 30.1 Å². The predicted molar refractivity (Wildman–Crippen MR) is 130 cm³/mol. The van der Waals surface area contributed by atoms with Crippen molar-refractivity contribution in [2.75, 3.05) is 11.9 Å². The van der Waals surface area contributed by atoms with E-state index >= 15 is 0 Å². The van der Waals surface area contributed by atoms with E-state index in [4.69, 9.17) is 9.47 Å². The van der Waals surface area contributed by atoms with Gasteiger partial charge >= 0.3 is 0 Å².